The Balaban J connectivity index is 1.83. The molecular formula is C21H12O8. The summed E-state index contributed by atoms with van der Waals surface area (Å²) in [7, 11) is 0. The summed E-state index contributed by atoms with van der Waals surface area (Å²) in [6, 6.07) is 7.98. The maximum absolute atomic E-state index is 12.3. The first-order chi connectivity index (χ1) is 14.0. The molecule has 0 amide bonds. The van der Waals surface area contributed by atoms with E-state index in [2.05, 4.69) is 0 Å². The molecule has 3 heterocycles. The van der Waals surface area contributed by atoms with Crippen molar-refractivity contribution in [2.24, 2.45) is 0 Å². The van der Waals surface area contributed by atoms with E-state index in [1.807, 2.05) is 0 Å². The molecule has 2 aliphatic rings. The molecule has 0 bridgehead atoms. The van der Waals surface area contributed by atoms with E-state index in [4.69, 9.17) is 18.6 Å². The van der Waals surface area contributed by atoms with E-state index >= 15 is 0 Å². The molecule has 0 radical (unpaired) electrons. The lowest BCUT2D eigenvalue weighted by molar-refractivity contribution is 0.0881. The Morgan fingerprint density at radius 2 is 1.59 bits per heavy atom. The summed E-state index contributed by atoms with van der Waals surface area (Å²) in [5, 5.41) is 32.3. The van der Waals surface area contributed by atoms with Crippen LogP contribution in [0.1, 0.15) is 10.6 Å². The molecule has 3 aromatic carbocycles. The number of carbonyl (C=O) groups is 1. The molecule has 4 aromatic rings. The quantitative estimate of drug-likeness (QED) is 0.420. The molecule has 0 atom stereocenters. The molecule has 8 nitrogen and oxygen atoms in total. The van der Waals surface area contributed by atoms with Crippen molar-refractivity contribution in [2.75, 3.05) is 13.4 Å². The van der Waals surface area contributed by atoms with Gasteiger partial charge < -0.3 is 33.9 Å². The maximum Gasteiger partial charge on any atom is 0.291 e. The molecule has 0 spiro atoms. The fourth-order valence-corrected chi connectivity index (χ4v) is 4.01. The van der Waals surface area contributed by atoms with Crippen LogP contribution in [0, 0.1) is 0 Å². The highest BCUT2D eigenvalue weighted by molar-refractivity contribution is 6.24. The summed E-state index contributed by atoms with van der Waals surface area (Å²) in [4.78, 5) is 12.3. The van der Waals surface area contributed by atoms with Crippen molar-refractivity contribution >= 4 is 27.3 Å². The predicted molar refractivity (Wildman–Crippen MR) is 100 cm³/mol. The number of hydrogen-bond acceptors (Lipinski definition) is 8. The fourth-order valence-electron chi connectivity index (χ4n) is 4.01. The van der Waals surface area contributed by atoms with E-state index < -0.39 is 11.7 Å². The first kappa shape index (κ1) is 15.9. The molecular weight excluding hydrogens is 380 g/mol. The largest absolute Gasteiger partial charge is 0.504 e. The lowest BCUT2D eigenvalue weighted by atomic mass is 9.90. The zero-order chi connectivity index (χ0) is 19.9. The van der Waals surface area contributed by atoms with Gasteiger partial charge in [0.05, 0.1) is 10.8 Å². The molecule has 0 fully saturated rings. The smallest absolute Gasteiger partial charge is 0.291 e. The van der Waals surface area contributed by atoms with E-state index in [9.17, 15) is 20.1 Å². The molecule has 29 heavy (non-hydrogen) atoms. The summed E-state index contributed by atoms with van der Waals surface area (Å²) in [6.07, 6.45) is 0. The fraction of sp³-hybridized carbons (Fsp3) is 0.0952. The van der Waals surface area contributed by atoms with Gasteiger partial charge in [-0.1, -0.05) is 6.07 Å². The number of hydrogen-bond donors (Lipinski definition) is 3. The Morgan fingerprint density at radius 1 is 0.828 bits per heavy atom. The van der Waals surface area contributed by atoms with Gasteiger partial charge in [0.2, 0.25) is 12.6 Å². The van der Waals surface area contributed by atoms with Crippen molar-refractivity contribution < 1.29 is 38.7 Å². The number of ketones is 1. The summed E-state index contributed by atoms with van der Waals surface area (Å²) >= 11 is 0. The third-order valence-electron chi connectivity index (χ3n) is 5.26. The number of benzene rings is 3. The van der Waals surface area contributed by atoms with Crippen LogP contribution >= 0.6 is 0 Å². The first-order valence-electron chi connectivity index (χ1n) is 8.76. The van der Waals surface area contributed by atoms with Crippen LogP contribution < -0.4 is 14.2 Å². The highest BCUT2D eigenvalue weighted by Crippen LogP contribution is 2.53. The highest BCUT2D eigenvalue weighted by Gasteiger charge is 2.33. The van der Waals surface area contributed by atoms with Crippen LogP contribution in [-0.2, 0) is 0 Å². The van der Waals surface area contributed by atoms with E-state index in [0.717, 1.165) is 0 Å². The Morgan fingerprint density at radius 3 is 2.41 bits per heavy atom. The number of fused-ring (bicyclic) bond motifs is 3. The van der Waals surface area contributed by atoms with Gasteiger partial charge in [-0.15, -0.1) is 0 Å². The van der Waals surface area contributed by atoms with Crippen molar-refractivity contribution in [1.82, 2.24) is 0 Å². The molecule has 0 saturated heterocycles. The van der Waals surface area contributed by atoms with Gasteiger partial charge in [0.25, 0.3) is 5.95 Å². The molecule has 2 aliphatic heterocycles. The maximum atomic E-state index is 12.3. The normalized spacial score (nSPS) is 14.6. The van der Waals surface area contributed by atoms with Crippen molar-refractivity contribution in [3.63, 3.8) is 0 Å². The Labute approximate surface area is 162 Å². The van der Waals surface area contributed by atoms with E-state index in [0.29, 0.717) is 44.5 Å². The van der Waals surface area contributed by atoms with Crippen molar-refractivity contribution in [2.45, 2.75) is 0 Å². The minimum Gasteiger partial charge on any atom is -0.504 e. The van der Waals surface area contributed by atoms with Crippen LogP contribution in [0.15, 0.2) is 34.7 Å². The van der Waals surface area contributed by atoms with Crippen LogP contribution in [0.4, 0.5) is 0 Å². The van der Waals surface area contributed by atoms with Gasteiger partial charge in [0.15, 0.2) is 35.4 Å². The zero-order valence-electron chi connectivity index (χ0n) is 14.7. The average molecular weight is 392 g/mol. The molecule has 6 rings (SSSR count). The molecule has 8 heteroatoms. The van der Waals surface area contributed by atoms with Gasteiger partial charge in [-0.2, -0.15) is 0 Å². The Kier molecular flexibility index (Phi) is 2.89. The third kappa shape index (κ3) is 2.00. The number of carbonyl (C=O) groups excluding carboxylic acids is 1. The zero-order valence-corrected chi connectivity index (χ0v) is 14.7. The Hall–Kier alpha value is -4.07. The number of ether oxygens (including phenoxy) is 3. The summed E-state index contributed by atoms with van der Waals surface area (Å²) in [6.45, 7) is -0.152. The summed E-state index contributed by atoms with van der Waals surface area (Å²) < 4.78 is 21.8. The van der Waals surface area contributed by atoms with Crippen LogP contribution in [0.2, 0.25) is 0 Å². The molecule has 0 aliphatic carbocycles. The Bertz CT molecular complexity index is 1380. The monoisotopic (exact) mass is 392 g/mol. The predicted octanol–water partition coefficient (Wildman–Crippen LogP) is 3.67. The topological polar surface area (TPSA) is 119 Å². The number of aromatic hydroxyl groups is 3. The minimum atomic E-state index is -0.433. The van der Waals surface area contributed by atoms with Gasteiger partial charge in [-0.25, -0.2) is 0 Å². The molecule has 144 valence electrons. The second kappa shape index (κ2) is 5.26. The first-order valence-corrected chi connectivity index (χ1v) is 8.76. The van der Waals surface area contributed by atoms with Crippen molar-refractivity contribution in [1.29, 1.82) is 0 Å². The number of rotatable bonds is 1. The van der Waals surface area contributed by atoms with Crippen molar-refractivity contribution in [3.8, 4) is 45.8 Å². The third-order valence-corrected chi connectivity index (χ3v) is 5.26. The number of phenols is 2. The van der Waals surface area contributed by atoms with Crippen LogP contribution in [0.25, 0.3) is 32.7 Å². The van der Waals surface area contributed by atoms with Gasteiger partial charge in [-0.3, -0.25) is 4.79 Å². The summed E-state index contributed by atoms with van der Waals surface area (Å²) in [5.41, 5.74) is 1.13. The average Bonchev–Trinajstić information content (AvgIpc) is 3.30. The summed E-state index contributed by atoms with van der Waals surface area (Å²) in [5.74, 6) is -0.0926. The number of phenolic OH excluding ortho intramolecular Hbond substituents is 2. The SMILES string of the molecule is O=C1COc2c3cc(O)c(O)cc3c(-c3ccc4c(c3)OCO4)c3c(O)oc1c23. The number of Topliss-reactive ketones (excluding diaryl/α,β-unsaturated/α-hetero) is 1. The van der Waals surface area contributed by atoms with Gasteiger partial charge in [-0.05, 0) is 35.2 Å². The van der Waals surface area contributed by atoms with Gasteiger partial charge in [0.1, 0.15) is 5.75 Å². The van der Waals surface area contributed by atoms with Crippen molar-refractivity contribution in [3.05, 3.63) is 36.1 Å². The van der Waals surface area contributed by atoms with E-state index in [1.54, 1.807) is 18.2 Å². The van der Waals surface area contributed by atoms with E-state index in [-0.39, 0.29) is 36.0 Å². The highest BCUT2D eigenvalue weighted by atomic mass is 16.7. The van der Waals surface area contributed by atoms with Crippen LogP contribution in [-0.4, -0.2) is 34.5 Å². The van der Waals surface area contributed by atoms with Crippen LogP contribution in [0.3, 0.4) is 0 Å². The molecule has 0 unspecified atom stereocenters. The van der Waals surface area contributed by atoms with Gasteiger partial charge >= 0.3 is 0 Å². The standard InChI is InChI=1S/C21H12O8/c22-11-4-9-10(5-12(11)23)19-18-17(21(25)29-20(18)13(24)6-26-19)16(9)8-1-2-14-15(3-8)28-7-27-14/h1-5,22-23,25H,6-7H2. The van der Waals surface area contributed by atoms with E-state index in [1.165, 1.54) is 12.1 Å². The minimum absolute atomic E-state index is 0.00444. The lowest BCUT2D eigenvalue weighted by Gasteiger charge is -2.18. The lowest BCUT2D eigenvalue weighted by Crippen LogP contribution is -2.16. The molecule has 3 N–H and O–H groups in total. The second-order valence-electron chi connectivity index (χ2n) is 6.86. The second-order valence-corrected chi connectivity index (χ2v) is 6.86. The van der Waals surface area contributed by atoms with Crippen LogP contribution in [0.5, 0.6) is 34.7 Å². The van der Waals surface area contributed by atoms with Gasteiger partial charge in [0, 0.05) is 10.9 Å². The molecule has 0 saturated carbocycles. The molecule has 1 aromatic heterocycles. The number of furan rings is 1.